The molecule has 0 aromatic heterocycles. The maximum Gasteiger partial charge on any atom is 0.307 e. The number of aryl methyl sites for hydroxylation is 2. The molecule has 0 saturated heterocycles. The topological polar surface area (TPSA) is 46.5 Å². The highest BCUT2D eigenvalue weighted by molar-refractivity contribution is 5.79. The Balaban J connectivity index is 1.30. The van der Waals surface area contributed by atoms with Gasteiger partial charge in [0, 0.05) is 11.0 Å². The Hall–Kier alpha value is -3.14. The summed E-state index contributed by atoms with van der Waals surface area (Å²) in [5, 5.41) is 9.73. The number of benzene rings is 3. The van der Waals surface area contributed by atoms with Crippen LogP contribution in [0.15, 0.2) is 54.6 Å². The molecule has 0 heterocycles. The first-order valence-electron chi connectivity index (χ1n) is 14.0. The van der Waals surface area contributed by atoms with Gasteiger partial charge < -0.3 is 9.84 Å². The van der Waals surface area contributed by atoms with Gasteiger partial charge in [-0.2, -0.15) is 0 Å². The summed E-state index contributed by atoms with van der Waals surface area (Å²) in [6.45, 7) is 9.14. The first kappa shape index (κ1) is 25.2. The highest BCUT2D eigenvalue weighted by atomic mass is 19.1. The molecule has 1 N–H and O–H groups in total. The summed E-state index contributed by atoms with van der Waals surface area (Å²) in [5.41, 5.74) is 7.32. The van der Waals surface area contributed by atoms with Crippen LogP contribution >= 0.6 is 0 Å². The minimum absolute atomic E-state index is 0.156. The molecule has 0 bridgehead atoms. The second kappa shape index (κ2) is 8.97. The van der Waals surface area contributed by atoms with Crippen LogP contribution in [0.25, 0.3) is 11.1 Å². The molecule has 3 aliphatic rings. The van der Waals surface area contributed by atoms with Crippen LogP contribution in [-0.2, 0) is 23.2 Å². The normalized spacial score (nSPS) is 26.9. The maximum atomic E-state index is 15.0. The lowest BCUT2D eigenvalue weighted by Gasteiger charge is -2.30. The van der Waals surface area contributed by atoms with Crippen LogP contribution in [0.3, 0.4) is 0 Å². The number of hydrogen-bond donors (Lipinski definition) is 1. The Morgan fingerprint density at radius 1 is 1.05 bits per heavy atom. The molecular weight excluding hydrogens is 475 g/mol. The molecule has 4 heteroatoms. The van der Waals surface area contributed by atoms with Crippen molar-refractivity contribution in [3.05, 3.63) is 88.2 Å². The Morgan fingerprint density at radius 2 is 1.87 bits per heavy atom. The second-order valence-corrected chi connectivity index (χ2v) is 12.6. The van der Waals surface area contributed by atoms with Crippen molar-refractivity contribution in [2.24, 2.45) is 17.3 Å². The average Bonchev–Trinajstić information content (AvgIpc) is 3.11. The van der Waals surface area contributed by atoms with Crippen LogP contribution in [-0.4, -0.2) is 11.1 Å². The molecule has 0 aliphatic heterocycles. The van der Waals surface area contributed by atoms with E-state index in [4.69, 9.17) is 4.74 Å². The first-order chi connectivity index (χ1) is 18.1. The Bertz CT molecular complexity index is 1420. The number of rotatable bonds is 6. The van der Waals surface area contributed by atoms with E-state index in [0.29, 0.717) is 18.1 Å². The summed E-state index contributed by atoms with van der Waals surface area (Å²) >= 11 is 0. The summed E-state index contributed by atoms with van der Waals surface area (Å²) in [4.78, 5) is 11.8. The van der Waals surface area contributed by atoms with Crippen molar-refractivity contribution in [2.75, 3.05) is 0 Å². The van der Waals surface area contributed by atoms with Gasteiger partial charge in [-0.3, -0.25) is 4.79 Å². The number of carboxylic acid groups (broad SMARTS) is 1. The molecule has 3 aromatic carbocycles. The predicted molar refractivity (Wildman–Crippen MR) is 148 cm³/mol. The Labute approximate surface area is 225 Å². The molecule has 6 rings (SSSR count). The second-order valence-electron chi connectivity index (χ2n) is 12.6. The van der Waals surface area contributed by atoms with Gasteiger partial charge in [0.15, 0.2) is 0 Å². The van der Waals surface area contributed by atoms with E-state index in [1.54, 1.807) is 6.07 Å². The summed E-state index contributed by atoms with van der Waals surface area (Å²) in [6, 6.07) is 17.9. The third-order valence-electron chi connectivity index (χ3n) is 9.98. The summed E-state index contributed by atoms with van der Waals surface area (Å²) in [6.07, 6.45) is 5.29. The minimum atomic E-state index is -0.691. The quantitative estimate of drug-likeness (QED) is 0.362. The Kier molecular flexibility index (Phi) is 5.93. The van der Waals surface area contributed by atoms with Gasteiger partial charge >= 0.3 is 5.97 Å². The van der Waals surface area contributed by atoms with E-state index in [-0.39, 0.29) is 28.5 Å². The van der Waals surface area contributed by atoms with Crippen molar-refractivity contribution in [1.29, 1.82) is 0 Å². The average molecular weight is 513 g/mol. The molecule has 1 spiro atoms. The smallest absolute Gasteiger partial charge is 0.307 e. The van der Waals surface area contributed by atoms with Crippen LogP contribution in [0.4, 0.5) is 4.39 Å². The van der Waals surface area contributed by atoms with Crippen molar-refractivity contribution in [3.63, 3.8) is 0 Å². The number of fused-ring (bicyclic) bond motifs is 2. The largest absolute Gasteiger partial charge is 0.489 e. The molecular formula is C34H37FO3. The molecule has 0 amide bonds. The van der Waals surface area contributed by atoms with E-state index in [9.17, 15) is 9.90 Å². The van der Waals surface area contributed by atoms with Gasteiger partial charge in [-0.15, -0.1) is 0 Å². The van der Waals surface area contributed by atoms with Crippen LogP contribution < -0.4 is 4.74 Å². The summed E-state index contributed by atoms with van der Waals surface area (Å²) in [7, 11) is 0. The molecule has 2 fully saturated rings. The number of halogens is 1. The SMILES string of the molecule is Cc1ccc(F)c(-c2ccc(COc3ccc4c(c3)[C@@]3(CC4)[C@H](C)[C@H]3C(=O)O)cc2[C@@H]2CCCC2(C)C)c1. The monoisotopic (exact) mass is 512 g/mol. The van der Waals surface area contributed by atoms with Crippen LogP contribution in [0.5, 0.6) is 5.75 Å². The number of carboxylic acids is 1. The molecule has 198 valence electrons. The van der Waals surface area contributed by atoms with Gasteiger partial charge in [0.1, 0.15) is 18.2 Å². The third kappa shape index (κ3) is 3.95. The van der Waals surface area contributed by atoms with Crippen molar-refractivity contribution >= 4 is 5.97 Å². The van der Waals surface area contributed by atoms with E-state index < -0.39 is 5.97 Å². The number of ether oxygens (including phenoxy) is 1. The predicted octanol–water partition coefficient (Wildman–Crippen LogP) is 8.21. The van der Waals surface area contributed by atoms with Gasteiger partial charge in [0.2, 0.25) is 0 Å². The summed E-state index contributed by atoms with van der Waals surface area (Å²) < 4.78 is 21.3. The van der Waals surface area contributed by atoms with Gasteiger partial charge in [0.05, 0.1) is 5.92 Å². The molecule has 3 aromatic rings. The number of hydrogen-bond acceptors (Lipinski definition) is 2. The standard InChI is InChI=1S/C34H37FO3/c1-20-7-12-30(35)27(16-20)25-11-8-22(17-26(25)28-6-5-14-33(28,3)4)19-38-24-10-9-23-13-15-34(29(23)18-24)21(2)31(34)32(36)37/h7-12,16-18,21,28,31H,5-6,13-15,19H2,1-4H3,(H,36,37)/t21-,28+,31+,34-/m1/s1. The van der Waals surface area contributed by atoms with Crippen molar-refractivity contribution in [2.45, 2.75) is 77.7 Å². The summed E-state index contributed by atoms with van der Waals surface area (Å²) in [5.74, 6) is 0.127. The fraction of sp³-hybridized carbons (Fsp3) is 0.441. The van der Waals surface area contributed by atoms with Gasteiger partial charge in [-0.25, -0.2) is 4.39 Å². The van der Waals surface area contributed by atoms with Crippen molar-refractivity contribution in [3.8, 4) is 16.9 Å². The van der Waals surface area contributed by atoms with Gasteiger partial charge in [0.25, 0.3) is 0 Å². The Morgan fingerprint density at radius 3 is 2.58 bits per heavy atom. The van der Waals surface area contributed by atoms with Crippen LogP contribution in [0.2, 0.25) is 0 Å². The van der Waals surface area contributed by atoms with E-state index in [2.05, 4.69) is 51.1 Å². The molecule has 3 aliphatic carbocycles. The number of aliphatic carboxylic acids is 1. The molecule has 0 radical (unpaired) electrons. The lowest BCUT2D eigenvalue weighted by atomic mass is 9.75. The highest BCUT2D eigenvalue weighted by Gasteiger charge is 2.68. The molecule has 2 saturated carbocycles. The zero-order valence-corrected chi connectivity index (χ0v) is 22.8. The van der Waals surface area contributed by atoms with Crippen molar-refractivity contribution in [1.82, 2.24) is 0 Å². The van der Waals surface area contributed by atoms with Gasteiger partial charge in [-0.1, -0.05) is 63.1 Å². The van der Waals surface area contributed by atoms with Crippen molar-refractivity contribution < 1.29 is 19.0 Å². The zero-order valence-electron chi connectivity index (χ0n) is 22.8. The van der Waals surface area contributed by atoms with E-state index in [1.165, 1.54) is 24.0 Å². The molecule has 0 unspecified atom stereocenters. The van der Waals surface area contributed by atoms with E-state index >= 15 is 4.39 Å². The number of carbonyl (C=O) groups is 1. The maximum absolute atomic E-state index is 15.0. The first-order valence-corrected chi connectivity index (χ1v) is 14.0. The van der Waals surface area contributed by atoms with Crippen LogP contribution in [0, 0.1) is 30.0 Å². The lowest BCUT2D eigenvalue weighted by molar-refractivity contribution is -0.139. The zero-order chi connectivity index (χ0) is 26.8. The fourth-order valence-electron chi connectivity index (χ4n) is 7.78. The van der Waals surface area contributed by atoms with Crippen LogP contribution in [0.1, 0.15) is 80.2 Å². The molecule has 38 heavy (non-hydrogen) atoms. The lowest BCUT2D eigenvalue weighted by Crippen LogP contribution is -2.17. The third-order valence-corrected chi connectivity index (χ3v) is 9.98. The minimum Gasteiger partial charge on any atom is -0.489 e. The van der Waals surface area contributed by atoms with E-state index in [0.717, 1.165) is 47.3 Å². The molecule has 4 atom stereocenters. The van der Waals surface area contributed by atoms with Gasteiger partial charge in [-0.05, 0) is 102 Å². The van der Waals surface area contributed by atoms with E-state index in [1.807, 2.05) is 25.1 Å². The molecule has 3 nitrogen and oxygen atoms in total. The fourth-order valence-corrected chi connectivity index (χ4v) is 7.78. The highest BCUT2D eigenvalue weighted by Crippen LogP contribution is 2.66.